The minimum absolute atomic E-state index is 0.0914. The number of methoxy groups -OCH3 is 1. The molecule has 0 aliphatic carbocycles. The molecule has 0 spiro atoms. The van der Waals surface area contributed by atoms with E-state index in [4.69, 9.17) is 9.47 Å². The van der Waals surface area contributed by atoms with E-state index in [1.54, 1.807) is 7.11 Å². The summed E-state index contributed by atoms with van der Waals surface area (Å²) in [6, 6.07) is 7.73. The van der Waals surface area contributed by atoms with Crippen LogP contribution in [-0.4, -0.2) is 50.7 Å². The standard InChI is InChI=1S/C18H28N2O3/c1-14(23-13-15-6-4-8-17(10-15)22-3)18(21)20-9-5-7-16(12-20)11-19-2/h4,6,8,10,14,16,19H,5,7,9,11-13H2,1-3H3. The molecule has 1 amide bonds. The van der Waals surface area contributed by atoms with Gasteiger partial charge in [-0.05, 0) is 57.0 Å². The molecule has 1 aliphatic heterocycles. The normalized spacial score (nSPS) is 19.4. The van der Waals surface area contributed by atoms with E-state index in [-0.39, 0.29) is 5.91 Å². The van der Waals surface area contributed by atoms with Crippen LogP contribution in [0.25, 0.3) is 0 Å². The Morgan fingerprint density at radius 2 is 2.30 bits per heavy atom. The number of nitrogens with one attached hydrogen (secondary N) is 1. The van der Waals surface area contributed by atoms with Gasteiger partial charge in [0, 0.05) is 13.1 Å². The Morgan fingerprint density at radius 1 is 1.48 bits per heavy atom. The third-order valence-electron chi connectivity index (χ3n) is 4.31. The first-order valence-corrected chi connectivity index (χ1v) is 8.32. The van der Waals surface area contributed by atoms with Crippen LogP contribution in [0.2, 0.25) is 0 Å². The van der Waals surface area contributed by atoms with Crippen LogP contribution in [0.4, 0.5) is 0 Å². The third-order valence-corrected chi connectivity index (χ3v) is 4.31. The van der Waals surface area contributed by atoms with Crippen LogP contribution in [0.3, 0.4) is 0 Å². The summed E-state index contributed by atoms with van der Waals surface area (Å²) in [5, 5.41) is 3.20. The van der Waals surface area contributed by atoms with Crippen LogP contribution >= 0.6 is 0 Å². The van der Waals surface area contributed by atoms with Crippen LogP contribution in [-0.2, 0) is 16.1 Å². The van der Waals surface area contributed by atoms with Crippen molar-refractivity contribution < 1.29 is 14.3 Å². The Balaban J connectivity index is 1.84. The number of carbonyl (C=O) groups is 1. The van der Waals surface area contributed by atoms with Gasteiger partial charge < -0.3 is 19.7 Å². The second-order valence-electron chi connectivity index (χ2n) is 6.15. The van der Waals surface area contributed by atoms with E-state index in [0.29, 0.717) is 12.5 Å². The molecule has 1 saturated heterocycles. The van der Waals surface area contributed by atoms with Crippen molar-refractivity contribution in [1.29, 1.82) is 0 Å². The molecule has 2 unspecified atom stereocenters. The van der Waals surface area contributed by atoms with Crippen molar-refractivity contribution in [2.75, 3.05) is 33.8 Å². The van der Waals surface area contributed by atoms with E-state index in [0.717, 1.165) is 37.4 Å². The Bertz CT molecular complexity index is 505. The minimum atomic E-state index is -0.422. The van der Waals surface area contributed by atoms with E-state index in [1.807, 2.05) is 43.1 Å². The van der Waals surface area contributed by atoms with Gasteiger partial charge in [-0.1, -0.05) is 12.1 Å². The number of likely N-dealkylation sites (tertiary alicyclic amines) is 1. The van der Waals surface area contributed by atoms with Crippen molar-refractivity contribution in [2.45, 2.75) is 32.5 Å². The van der Waals surface area contributed by atoms with Crippen molar-refractivity contribution in [3.8, 4) is 5.75 Å². The minimum Gasteiger partial charge on any atom is -0.497 e. The van der Waals surface area contributed by atoms with Gasteiger partial charge in [-0.2, -0.15) is 0 Å². The van der Waals surface area contributed by atoms with Crippen molar-refractivity contribution in [3.63, 3.8) is 0 Å². The van der Waals surface area contributed by atoms with Gasteiger partial charge in [-0.25, -0.2) is 0 Å². The van der Waals surface area contributed by atoms with E-state index in [9.17, 15) is 4.79 Å². The van der Waals surface area contributed by atoms with Gasteiger partial charge in [0.25, 0.3) is 5.91 Å². The number of hydrogen-bond donors (Lipinski definition) is 1. The number of piperidine rings is 1. The van der Waals surface area contributed by atoms with Crippen LogP contribution in [0, 0.1) is 5.92 Å². The van der Waals surface area contributed by atoms with Gasteiger partial charge in [0.2, 0.25) is 0 Å². The van der Waals surface area contributed by atoms with E-state index >= 15 is 0 Å². The smallest absolute Gasteiger partial charge is 0.251 e. The lowest BCUT2D eigenvalue weighted by Gasteiger charge is -2.34. The van der Waals surface area contributed by atoms with E-state index < -0.39 is 6.10 Å². The van der Waals surface area contributed by atoms with Gasteiger partial charge in [-0.3, -0.25) is 4.79 Å². The molecule has 2 rings (SSSR count). The van der Waals surface area contributed by atoms with E-state index in [2.05, 4.69) is 5.32 Å². The average Bonchev–Trinajstić information content (AvgIpc) is 2.59. The van der Waals surface area contributed by atoms with Gasteiger partial charge in [0.05, 0.1) is 13.7 Å². The summed E-state index contributed by atoms with van der Waals surface area (Å²) in [6.45, 7) is 4.88. The van der Waals surface area contributed by atoms with Crippen molar-refractivity contribution in [1.82, 2.24) is 10.2 Å². The molecule has 0 radical (unpaired) electrons. The number of rotatable bonds is 7. The zero-order valence-corrected chi connectivity index (χ0v) is 14.4. The van der Waals surface area contributed by atoms with Gasteiger partial charge in [0.1, 0.15) is 11.9 Å². The predicted octanol–water partition coefficient (Wildman–Crippen LogP) is 2.06. The topological polar surface area (TPSA) is 50.8 Å². The molecule has 0 saturated carbocycles. The molecule has 0 aromatic heterocycles. The quantitative estimate of drug-likeness (QED) is 0.835. The molecule has 1 aliphatic rings. The highest BCUT2D eigenvalue weighted by molar-refractivity contribution is 5.80. The zero-order chi connectivity index (χ0) is 16.7. The SMILES string of the molecule is CNCC1CCCN(C(=O)C(C)OCc2cccc(OC)c2)C1. The highest BCUT2D eigenvalue weighted by Gasteiger charge is 2.26. The first-order chi connectivity index (χ1) is 11.1. The van der Waals surface area contributed by atoms with Crippen LogP contribution in [0.15, 0.2) is 24.3 Å². The lowest BCUT2D eigenvalue weighted by molar-refractivity contribution is -0.145. The monoisotopic (exact) mass is 320 g/mol. The molecule has 5 nitrogen and oxygen atoms in total. The molecule has 1 aromatic rings. The van der Waals surface area contributed by atoms with Crippen molar-refractivity contribution >= 4 is 5.91 Å². The maximum atomic E-state index is 12.5. The third kappa shape index (κ3) is 5.22. The molecular weight excluding hydrogens is 292 g/mol. The molecular formula is C18H28N2O3. The second-order valence-corrected chi connectivity index (χ2v) is 6.15. The highest BCUT2D eigenvalue weighted by Crippen LogP contribution is 2.18. The van der Waals surface area contributed by atoms with Crippen LogP contribution < -0.4 is 10.1 Å². The molecule has 1 aromatic carbocycles. The lowest BCUT2D eigenvalue weighted by atomic mass is 9.97. The summed E-state index contributed by atoms with van der Waals surface area (Å²) in [4.78, 5) is 14.5. The van der Waals surface area contributed by atoms with Crippen LogP contribution in [0.1, 0.15) is 25.3 Å². The molecule has 23 heavy (non-hydrogen) atoms. The Labute approximate surface area is 139 Å². The largest absolute Gasteiger partial charge is 0.497 e. The summed E-state index contributed by atoms with van der Waals surface area (Å²) in [5.74, 6) is 1.44. The van der Waals surface area contributed by atoms with Gasteiger partial charge in [-0.15, -0.1) is 0 Å². The number of hydrogen-bond acceptors (Lipinski definition) is 4. The summed E-state index contributed by atoms with van der Waals surface area (Å²) < 4.78 is 11.0. The Morgan fingerprint density at radius 3 is 3.04 bits per heavy atom. The summed E-state index contributed by atoms with van der Waals surface area (Å²) in [5.41, 5.74) is 1.01. The fourth-order valence-corrected chi connectivity index (χ4v) is 3.03. The maximum Gasteiger partial charge on any atom is 0.251 e. The number of benzene rings is 1. The van der Waals surface area contributed by atoms with Crippen LogP contribution in [0.5, 0.6) is 5.75 Å². The van der Waals surface area contributed by atoms with Gasteiger partial charge in [0.15, 0.2) is 0 Å². The summed E-state index contributed by atoms with van der Waals surface area (Å²) in [7, 11) is 3.60. The molecule has 2 atom stereocenters. The lowest BCUT2D eigenvalue weighted by Crippen LogP contribution is -2.46. The first-order valence-electron chi connectivity index (χ1n) is 8.32. The van der Waals surface area contributed by atoms with Gasteiger partial charge >= 0.3 is 0 Å². The maximum absolute atomic E-state index is 12.5. The zero-order valence-electron chi connectivity index (χ0n) is 14.4. The Kier molecular flexibility index (Phi) is 6.86. The fraction of sp³-hybridized carbons (Fsp3) is 0.611. The number of carbonyl (C=O) groups excluding carboxylic acids is 1. The molecule has 128 valence electrons. The number of nitrogens with zero attached hydrogens (tertiary/aromatic N) is 1. The first kappa shape index (κ1) is 17.8. The molecule has 1 heterocycles. The Hall–Kier alpha value is -1.59. The fourth-order valence-electron chi connectivity index (χ4n) is 3.03. The van der Waals surface area contributed by atoms with Crippen molar-refractivity contribution in [3.05, 3.63) is 29.8 Å². The van der Waals surface area contributed by atoms with Crippen molar-refractivity contribution in [2.24, 2.45) is 5.92 Å². The molecule has 0 bridgehead atoms. The number of amides is 1. The highest BCUT2D eigenvalue weighted by atomic mass is 16.5. The predicted molar refractivity (Wildman–Crippen MR) is 90.5 cm³/mol. The molecule has 5 heteroatoms. The second kappa shape index (κ2) is 8.89. The molecule has 1 N–H and O–H groups in total. The average molecular weight is 320 g/mol. The number of ether oxygens (including phenoxy) is 2. The van der Waals surface area contributed by atoms with E-state index in [1.165, 1.54) is 6.42 Å². The summed E-state index contributed by atoms with van der Waals surface area (Å²) in [6.07, 6.45) is 1.83. The molecule has 1 fully saturated rings. The summed E-state index contributed by atoms with van der Waals surface area (Å²) >= 11 is 0.